The number of carbonyl (C=O) groups is 3. The van der Waals surface area contributed by atoms with Crippen molar-refractivity contribution in [2.45, 2.75) is 12.1 Å². The summed E-state index contributed by atoms with van der Waals surface area (Å²) in [6.45, 7) is 0. The van der Waals surface area contributed by atoms with E-state index >= 15 is 0 Å². The second kappa shape index (κ2) is 8.61. The maximum atomic E-state index is 14.1. The number of amides is 2. The predicted molar refractivity (Wildman–Crippen MR) is 141 cm³/mol. The Morgan fingerprint density at radius 2 is 1.64 bits per heavy atom. The Balaban J connectivity index is 1.50. The summed E-state index contributed by atoms with van der Waals surface area (Å²) in [5, 5.41) is 0.308. The summed E-state index contributed by atoms with van der Waals surface area (Å²) in [4.78, 5) is 45.0. The van der Waals surface area contributed by atoms with E-state index in [2.05, 4.69) is 15.9 Å². The number of hydrogen-bond donors (Lipinski definition) is 0. The highest BCUT2D eigenvalue weighted by Gasteiger charge is 2.64. The van der Waals surface area contributed by atoms with Crippen LogP contribution in [0.2, 0.25) is 5.02 Å². The van der Waals surface area contributed by atoms with Crippen LogP contribution in [0.5, 0.6) is 5.75 Å². The number of hydrogen-bond acceptors (Lipinski definition) is 5. The smallest absolute Gasteiger partial charge is 0.240 e. The van der Waals surface area contributed by atoms with Crippen molar-refractivity contribution >= 4 is 62.6 Å². The van der Waals surface area contributed by atoms with Gasteiger partial charge in [-0.2, -0.15) is 0 Å². The van der Waals surface area contributed by atoms with Crippen LogP contribution in [0.4, 0.5) is 11.4 Å². The lowest BCUT2D eigenvalue weighted by atomic mass is 9.86. The fourth-order valence-corrected chi connectivity index (χ4v) is 6.44. The van der Waals surface area contributed by atoms with Gasteiger partial charge in [-0.25, -0.2) is 4.90 Å². The first kappa shape index (κ1) is 23.0. The van der Waals surface area contributed by atoms with Crippen molar-refractivity contribution in [3.8, 4) is 5.75 Å². The monoisotopic (exact) mass is 562 g/mol. The van der Waals surface area contributed by atoms with Crippen LogP contribution < -0.4 is 14.5 Å². The molecular weight excluding hydrogens is 544 g/mol. The molecule has 6 rings (SSSR count). The quantitative estimate of drug-likeness (QED) is 0.315. The number of para-hydroxylation sites is 2. The summed E-state index contributed by atoms with van der Waals surface area (Å²) in [6.07, 6.45) is 3.89. The topological polar surface area (TPSA) is 66.9 Å². The molecule has 2 saturated heterocycles. The number of ether oxygens (including phenoxy) is 1. The van der Waals surface area contributed by atoms with Crippen LogP contribution in [0.1, 0.15) is 15.9 Å². The molecule has 3 aromatic carbocycles. The molecule has 0 unspecified atom stereocenters. The fraction of sp³-hybridized carbons (Fsp3) is 0.179. The van der Waals surface area contributed by atoms with Gasteiger partial charge in [0.15, 0.2) is 5.78 Å². The number of carbonyl (C=O) groups excluding carboxylic acids is 3. The second-order valence-corrected chi connectivity index (χ2v) is 10.3. The number of ketones is 1. The molecule has 180 valence electrons. The summed E-state index contributed by atoms with van der Waals surface area (Å²) in [7, 11) is 1.55. The van der Waals surface area contributed by atoms with Crippen molar-refractivity contribution in [2.75, 3.05) is 16.9 Å². The van der Waals surface area contributed by atoms with Crippen LogP contribution in [0.3, 0.4) is 0 Å². The molecule has 3 aliphatic heterocycles. The Labute approximate surface area is 221 Å². The summed E-state index contributed by atoms with van der Waals surface area (Å²) in [5.74, 6) is -1.97. The molecule has 2 amide bonds. The Morgan fingerprint density at radius 1 is 0.944 bits per heavy atom. The van der Waals surface area contributed by atoms with Gasteiger partial charge < -0.3 is 9.64 Å². The summed E-state index contributed by atoms with van der Waals surface area (Å²) in [6, 6.07) is 18.3. The molecule has 0 radical (unpaired) electrons. The molecule has 0 saturated carbocycles. The maximum absolute atomic E-state index is 14.1. The summed E-state index contributed by atoms with van der Waals surface area (Å²) < 4.78 is 5.95. The molecule has 6 nitrogen and oxygen atoms in total. The van der Waals surface area contributed by atoms with Gasteiger partial charge in [-0.3, -0.25) is 14.4 Å². The first-order chi connectivity index (χ1) is 17.4. The minimum Gasteiger partial charge on any atom is -0.496 e. The van der Waals surface area contributed by atoms with Gasteiger partial charge in [0.25, 0.3) is 0 Å². The van der Waals surface area contributed by atoms with Gasteiger partial charge in [0, 0.05) is 11.3 Å². The van der Waals surface area contributed by atoms with Crippen molar-refractivity contribution < 1.29 is 19.1 Å². The van der Waals surface area contributed by atoms with Gasteiger partial charge in [0.05, 0.1) is 40.2 Å². The Morgan fingerprint density at radius 3 is 2.36 bits per heavy atom. The van der Waals surface area contributed by atoms with Crippen LogP contribution in [0.25, 0.3) is 6.08 Å². The highest BCUT2D eigenvalue weighted by atomic mass is 79.9. The lowest BCUT2D eigenvalue weighted by Crippen LogP contribution is -2.48. The van der Waals surface area contributed by atoms with Crippen molar-refractivity contribution in [3.63, 3.8) is 0 Å². The Hall–Kier alpha value is -3.42. The van der Waals surface area contributed by atoms with Crippen molar-refractivity contribution in [1.82, 2.24) is 0 Å². The highest BCUT2D eigenvalue weighted by molar-refractivity contribution is 9.10. The molecule has 0 aromatic heterocycles. The zero-order valence-electron chi connectivity index (χ0n) is 19.1. The van der Waals surface area contributed by atoms with E-state index in [1.807, 2.05) is 41.3 Å². The summed E-state index contributed by atoms with van der Waals surface area (Å²) in [5.41, 5.74) is 2.53. The van der Waals surface area contributed by atoms with Crippen LogP contribution in [0, 0.1) is 11.8 Å². The average Bonchev–Trinajstić information content (AvgIpc) is 3.36. The van der Waals surface area contributed by atoms with Crippen LogP contribution >= 0.6 is 27.5 Å². The molecule has 36 heavy (non-hydrogen) atoms. The van der Waals surface area contributed by atoms with Gasteiger partial charge in [-0.05, 0) is 57.9 Å². The lowest BCUT2D eigenvalue weighted by molar-refractivity contribution is -0.122. The van der Waals surface area contributed by atoms with E-state index in [1.165, 1.54) is 0 Å². The average molecular weight is 564 g/mol. The van der Waals surface area contributed by atoms with Gasteiger partial charge in [0.1, 0.15) is 11.8 Å². The molecule has 0 aliphatic carbocycles. The number of rotatable bonds is 4. The van der Waals surface area contributed by atoms with E-state index in [1.54, 1.807) is 49.6 Å². The van der Waals surface area contributed by atoms with Crippen molar-refractivity contribution in [2.24, 2.45) is 11.8 Å². The Kier molecular flexibility index (Phi) is 5.50. The minimum absolute atomic E-state index is 0.233. The van der Waals surface area contributed by atoms with Crippen LogP contribution in [-0.2, 0) is 9.59 Å². The number of imide groups is 1. The molecule has 0 bridgehead atoms. The number of fused-ring (bicyclic) bond motifs is 5. The van der Waals surface area contributed by atoms with Crippen molar-refractivity contribution in [1.29, 1.82) is 0 Å². The predicted octanol–water partition coefficient (Wildman–Crippen LogP) is 5.38. The lowest BCUT2D eigenvalue weighted by Gasteiger charge is -2.36. The van der Waals surface area contributed by atoms with E-state index in [-0.39, 0.29) is 11.7 Å². The van der Waals surface area contributed by atoms with E-state index < -0.39 is 29.8 Å². The number of anilines is 2. The number of methoxy groups -OCH3 is 1. The van der Waals surface area contributed by atoms with E-state index in [9.17, 15) is 14.4 Å². The second-order valence-electron chi connectivity index (χ2n) is 8.99. The SMILES string of the molecule is COc1ccc(C(=O)[C@@H]2[C@@H]3C(=O)N(c4ccccc4Cl)C(=O)[C@@H]3[C@@H]3C=Cc4ccccc4N23)cc1Br. The molecule has 3 aliphatic rings. The standard InChI is InChI=1S/C28H20BrClN2O4/c1-36-22-13-11-16(14-17(22)29)26(33)25-24-23(21-12-10-15-6-2-4-8-19(15)31(21)25)27(34)32(28(24)35)20-9-5-3-7-18(20)30/h2-14,21,23-25H,1H3/t21-,23+,24+,25-/m0/s1. The molecule has 3 aromatic rings. The molecular formula is C28H20BrClN2O4. The highest BCUT2D eigenvalue weighted by Crippen LogP contribution is 2.50. The maximum Gasteiger partial charge on any atom is 0.240 e. The number of Topliss-reactive ketones (excluding diaryl/α,β-unsaturated/α-hetero) is 1. The van der Waals surface area contributed by atoms with Crippen molar-refractivity contribution in [3.05, 3.63) is 93.4 Å². The third-order valence-electron chi connectivity index (χ3n) is 7.21. The minimum atomic E-state index is -0.865. The van der Waals surface area contributed by atoms with Gasteiger partial charge >= 0.3 is 0 Å². The number of benzene rings is 3. The van der Waals surface area contributed by atoms with E-state index in [0.717, 1.165) is 16.2 Å². The summed E-state index contributed by atoms with van der Waals surface area (Å²) >= 11 is 9.84. The number of nitrogens with zero attached hydrogens (tertiary/aromatic N) is 2. The largest absolute Gasteiger partial charge is 0.496 e. The van der Waals surface area contributed by atoms with E-state index in [4.69, 9.17) is 16.3 Å². The normalized spacial score (nSPS) is 24.0. The van der Waals surface area contributed by atoms with Gasteiger partial charge in [0.2, 0.25) is 11.8 Å². The zero-order chi connectivity index (χ0) is 25.1. The zero-order valence-corrected chi connectivity index (χ0v) is 21.4. The third kappa shape index (κ3) is 3.26. The third-order valence-corrected chi connectivity index (χ3v) is 8.15. The van der Waals surface area contributed by atoms with Gasteiger partial charge in [-0.15, -0.1) is 0 Å². The molecule has 2 fully saturated rings. The molecule has 8 heteroatoms. The molecule has 0 spiro atoms. The molecule has 4 atom stereocenters. The van der Waals surface area contributed by atoms with Crippen LogP contribution in [-0.4, -0.2) is 36.8 Å². The first-order valence-electron chi connectivity index (χ1n) is 11.5. The van der Waals surface area contributed by atoms with Gasteiger partial charge in [-0.1, -0.05) is 54.1 Å². The Bertz CT molecular complexity index is 1470. The first-order valence-corrected chi connectivity index (χ1v) is 12.6. The fourth-order valence-electron chi connectivity index (χ4n) is 5.67. The van der Waals surface area contributed by atoms with E-state index in [0.29, 0.717) is 26.5 Å². The van der Waals surface area contributed by atoms with Crippen LogP contribution in [0.15, 0.2) is 77.3 Å². The molecule has 0 N–H and O–H groups in total. The molecule has 3 heterocycles. The number of halogens is 2.